The number of nitrogens with zero attached hydrogens (tertiary/aromatic N) is 2. The maximum absolute atomic E-state index is 5.52. The Morgan fingerprint density at radius 3 is 3.08 bits per heavy atom. The lowest BCUT2D eigenvalue weighted by Gasteiger charge is -2.02. The van der Waals surface area contributed by atoms with Crippen LogP contribution < -0.4 is 5.73 Å². The van der Waals surface area contributed by atoms with Gasteiger partial charge >= 0.3 is 0 Å². The van der Waals surface area contributed by atoms with E-state index in [1.165, 1.54) is 12.8 Å². The third-order valence-corrected chi connectivity index (χ3v) is 2.17. The maximum atomic E-state index is 5.52. The van der Waals surface area contributed by atoms with Gasteiger partial charge in [0, 0.05) is 12.8 Å². The highest BCUT2D eigenvalue weighted by atomic mass is 16.5. The topological polar surface area (TPSA) is 53.1 Å². The van der Waals surface area contributed by atoms with Crippen LogP contribution >= 0.6 is 0 Å². The minimum Gasteiger partial charge on any atom is -0.396 e. The van der Waals surface area contributed by atoms with Crippen LogP contribution in [0.2, 0.25) is 0 Å². The van der Waals surface area contributed by atoms with Crippen LogP contribution in [0, 0.1) is 5.92 Å². The first-order valence-corrected chi connectivity index (χ1v) is 4.70. The minimum absolute atomic E-state index is 0.710. The van der Waals surface area contributed by atoms with Crippen molar-refractivity contribution >= 4 is 5.69 Å². The van der Waals surface area contributed by atoms with E-state index < -0.39 is 0 Å². The molecule has 0 saturated heterocycles. The zero-order valence-corrected chi connectivity index (χ0v) is 7.65. The van der Waals surface area contributed by atoms with Crippen molar-refractivity contribution < 1.29 is 4.74 Å². The third-order valence-electron chi connectivity index (χ3n) is 2.17. The molecule has 0 unspecified atom stereocenters. The average Bonchev–Trinajstić information content (AvgIpc) is 2.84. The summed E-state index contributed by atoms with van der Waals surface area (Å²) < 4.78 is 7.28. The lowest BCUT2D eigenvalue weighted by Crippen LogP contribution is -2.07. The molecule has 0 aromatic carbocycles. The smallest absolute Gasteiger partial charge is 0.0719 e. The average molecular weight is 181 g/mol. The Hall–Kier alpha value is -1.03. The summed E-state index contributed by atoms with van der Waals surface area (Å²) in [5.41, 5.74) is 6.23. The lowest BCUT2D eigenvalue weighted by molar-refractivity contribution is 0.114. The van der Waals surface area contributed by atoms with Crippen LogP contribution in [0.3, 0.4) is 0 Å². The highest BCUT2D eigenvalue weighted by molar-refractivity contribution is 5.30. The molecule has 4 heteroatoms. The number of anilines is 1. The fourth-order valence-corrected chi connectivity index (χ4v) is 1.19. The van der Waals surface area contributed by atoms with Crippen molar-refractivity contribution in [3.05, 3.63) is 12.4 Å². The zero-order chi connectivity index (χ0) is 9.10. The van der Waals surface area contributed by atoms with Gasteiger partial charge in [0.15, 0.2) is 0 Å². The highest BCUT2D eigenvalue weighted by Crippen LogP contribution is 2.28. The predicted octanol–water partition coefficient (Wildman–Crippen LogP) is 0.892. The van der Waals surface area contributed by atoms with Crippen molar-refractivity contribution in [1.29, 1.82) is 0 Å². The van der Waals surface area contributed by atoms with Gasteiger partial charge in [-0.05, 0) is 18.8 Å². The van der Waals surface area contributed by atoms with E-state index in [2.05, 4.69) is 5.10 Å². The standard InChI is InChI=1S/C9H15N3O/c10-9-5-11-12(6-9)3-4-13-7-8-1-2-8/h5-6,8H,1-4,7,10H2. The number of nitrogens with two attached hydrogens (primary N) is 1. The third kappa shape index (κ3) is 2.73. The molecule has 1 aromatic rings. The first kappa shape index (κ1) is 8.56. The number of ether oxygens (including phenoxy) is 1. The van der Waals surface area contributed by atoms with Gasteiger partial charge in [0.05, 0.1) is 25.0 Å². The highest BCUT2D eigenvalue weighted by Gasteiger charge is 2.20. The Morgan fingerprint density at radius 2 is 2.46 bits per heavy atom. The van der Waals surface area contributed by atoms with E-state index >= 15 is 0 Å². The molecule has 1 aliphatic carbocycles. The van der Waals surface area contributed by atoms with E-state index in [0.29, 0.717) is 5.69 Å². The van der Waals surface area contributed by atoms with E-state index in [-0.39, 0.29) is 0 Å². The molecule has 72 valence electrons. The Morgan fingerprint density at radius 1 is 1.62 bits per heavy atom. The maximum Gasteiger partial charge on any atom is 0.0719 e. The van der Waals surface area contributed by atoms with Crippen LogP contribution in [0.25, 0.3) is 0 Å². The summed E-state index contributed by atoms with van der Waals surface area (Å²) in [6.45, 7) is 2.44. The van der Waals surface area contributed by atoms with Crippen molar-refractivity contribution in [3.8, 4) is 0 Å². The molecular weight excluding hydrogens is 166 g/mol. The van der Waals surface area contributed by atoms with Crippen LogP contribution in [0.5, 0.6) is 0 Å². The molecule has 1 saturated carbocycles. The summed E-state index contributed by atoms with van der Waals surface area (Å²) in [7, 11) is 0. The molecule has 2 rings (SSSR count). The molecule has 13 heavy (non-hydrogen) atoms. The summed E-state index contributed by atoms with van der Waals surface area (Å²) in [6, 6.07) is 0. The molecule has 2 N–H and O–H groups in total. The van der Waals surface area contributed by atoms with Gasteiger partial charge in [0.25, 0.3) is 0 Å². The molecule has 1 heterocycles. The number of nitrogen functional groups attached to an aromatic ring is 1. The van der Waals surface area contributed by atoms with Gasteiger partial charge in [-0.25, -0.2) is 0 Å². The van der Waals surface area contributed by atoms with Crippen LogP contribution in [0.4, 0.5) is 5.69 Å². The molecule has 0 bridgehead atoms. The molecular formula is C9H15N3O. The molecule has 0 spiro atoms. The van der Waals surface area contributed by atoms with Crippen LogP contribution in [-0.2, 0) is 11.3 Å². The van der Waals surface area contributed by atoms with Crippen molar-refractivity contribution in [3.63, 3.8) is 0 Å². The SMILES string of the molecule is Nc1cnn(CCOCC2CC2)c1. The number of hydrogen-bond donors (Lipinski definition) is 1. The van der Waals surface area contributed by atoms with Crippen LogP contribution in [0.15, 0.2) is 12.4 Å². The van der Waals surface area contributed by atoms with E-state index in [0.717, 1.165) is 25.7 Å². The van der Waals surface area contributed by atoms with Gasteiger partial charge in [-0.15, -0.1) is 0 Å². The van der Waals surface area contributed by atoms with Crippen molar-refractivity contribution in [2.24, 2.45) is 5.92 Å². The molecule has 1 aromatic heterocycles. The Kier molecular flexibility index (Phi) is 2.49. The van der Waals surface area contributed by atoms with E-state index in [4.69, 9.17) is 10.5 Å². The zero-order valence-electron chi connectivity index (χ0n) is 7.65. The predicted molar refractivity (Wildman–Crippen MR) is 50.2 cm³/mol. The summed E-state index contributed by atoms with van der Waals surface area (Å²) in [5, 5.41) is 4.06. The molecule has 4 nitrogen and oxygen atoms in total. The summed E-state index contributed by atoms with van der Waals surface area (Å²) in [5.74, 6) is 0.836. The number of aromatic nitrogens is 2. The van der Waals surface area contributed by atoms with Gasteiger partial charge in [-0.3, -0.25) is 4.68 Å². The second-order valence-corrected chi connectivity index (χ2v) is 3.56. The van der Waals surface area contributed by atoms with Crippen LogP contribution in [0.1, 0.15) is 12.8 Å². The monoisotopic (exact) mass is 181 g/mol. The first-order valence-electron chi connectivity index (χ1n) is 4.70. The summed E-state index contributed by atoms with van der Waals surface area (Å²) in [4.78, 5) is 0. The second kappa shape index (κ2) is 3.79. The first-order chi connectivity index (χ1) is 6.34. The molecule has 0 aliphatic heterocycles. The number of rotatable bonds is 5. The largest absolute Gasteiger partial charge is 0.396 e. The van der Waals surface area contributed by atoms with E-state index in [1.807, 2.05) is 10.9 Å². The van der Waals surface area contributed by atoms with Crippen LogP contribution in [-0.4, -0.2) is 23.0 Å². The van der Waals surface area contributed by atoms with E-state index in [9.17, 15) is 0 Å². The summed E-state index contributed by atoms with van der Waals surface area (Å²) in [6.07, 6.45) is 6.16. The minimum atomic E-state index is 0.710. The normalized spacial score (nSPS) is 16.3. The van der Waals surface area contributed by atoms with Crippen molar-refractivity contribution in [2.75, 3.05) is 18.9 Å². The lowest BCUT2D eigenvalue weighted by atomic mass is 10.5. The van der Waals surface area contributed by atoms with Crippen molar-refractivity contribution in [1.82, 2.24) is 9.78 Å². The van der Waals surface area contributed by atoms with E-state index in [1.54, 1.807) is 6.20 Å². The molecule has 0 amide bonds. The van der Waals surface area contributed by atoms with Crippen molar-refractivity contribution in [2.45, 2.75) is 19.4 Å². The van der Waals surface area contributed by atoms with Gasteiger partial charge in [0.1, 0.15) is 0 Å². The molecule has 1 aliphatic rings. The molecule has 0 radical (unpaired) electrons. The van der Waals surface area contributed by atoms with Gasteiger partial charge < -0.3 is 10.5 Å². The Bertz CT molecular complexity index is 268. The van der Waals surface area contributed by atoms with Gasteiger partial charge in [-0.2, -0.15) is 5.10 Å². The fourth-order valence-electron chi connectivity index (χ4n) is 1.19. The van der Waals surface area contributed by atoms with Gasteiger partial charge in [0.2, 0.25) is 0 Å². The second-order valence-electron chi connectivity index (χ2n) is 3.56. The number of hydrogen-bond acceptors (Lipinski definition) is 3. The quantitative estimate of drug-likeness (QED) is 0.686. The summed E-state index contributed by atoms with van der Waals surface area (Å²) >= 11 is 0. The fraction of sp³-hybridized carbons (Fsp3) is 0.667. The Labute approximate surface area is 77.7 Å². The Balaban J connectivity index is 1.61. The molecule has 1 fully saturated rings. The molecule has 0 atom stereocenters. The van der Waals surface area contributed by atoms with Gasteiger partial charge in [-0.1, -0.05) is 0 Å².